The summed E-state index contributed by atoms with van der Waals surface area (Å²) in [6.07, 6.45) is 2.11. The first kappa shape index (κ1) is 22.9. The summed E-state index contributed by atoms with van der Waals surface area (Å²) in [4.78, 5) is 27.4. The smallest absolute Gasteiger partial charge is 0.253 e. The van der Waals surface area contributed by atoms with Gasteiger partial charge in [-0.1, -0.05) is 37.3 Å². The molecular weight excluding hydrogens is 386 g/mol. The predicted octanol–water partition coefficient (Wildman–Crippen LogP) is 3.97. The fourth-order valence-electron chi connectivity index (χ4n) is 3.63. The zero-order valence-electron chi connectivity index (χ0n) is 17.1. The molecule has 1 saturated heterocycles. The van der Waals surface area contributed by atoms with Gasteiger partial charge in [0, 0.05) is 30.9 Å². The molecule has 1 unspecified atom stereocenters. The number of carbonyl (C=O) groups excluding carboxylic acids is 2. The monoisotopic (exact) mass is 415 g/mol. The predicted molar refractivity (Wildman–Crippen MR) is 120 cm³/mol. The third-order valence-corrected chi connectivity index (χ3v) is 5.56. The van der Waals surface area contributed by atoms with Crippen molar-refractivity contribution in [1.29, 1.82) is 0 Å². The van der Waals surface area contributed by atoms with Crippen molar-refractivity contribution in [3.8, 4) is 0 Å². The Kier molecular flexibility index (Phi) is 8.23. The lowest BCUT2D eigenvalue weighted by molar-refractivity contribution is -0.117. The molecule has 1 atom stereocenters. The van der Waals surface area contributed by atoms with Crippen molar-refractivity contribution in [1.82, 2.24) is 4.90 Å². The Labute approximate surface area is 179 Å². The Morgan fingerprint density at radius 2 is 1.79 bits per heavy atom. The topological polar surface area (TPSA) is 75.4 Å². The van der Waals surface area contributed by atoms with Crippen molar-refractivity contribution >= 4 is 29.9 Å². The molecule has 3 N–H and O–H groups in total. The van der Waals surface area contributed by atoms with Crippen molar-refractivity contribution in [3.05, 3.63) is 65.2 Å². The molecule has 0 bridgehead atoms. The number of likely N-dealkylation sites (tertiary alicyclic amines) is 1. The maximum Gasteiger partial charge on any atom is 0.253 e. The molecule has 1 aliphatic rings. The number of hydrogen-bond acceptors (Lipinski definition) is 3. The Balaban J connectivity index is 0.00000300. The van der Waals surface area contributed by atoms with E-state index in [1.165, 1.54) is 0 Å². The highest BCUT2D eigenvalue weighted by Crippen LogP contribution is 2.23. The van der Waals surface area contributed by atoms with E-state index in [2.05, 4.69) is 12.2 Å². The van der Waals surface area contributed by atoms with E-state index in [4.69, 9.17) is 5.73 Å². The summed E-state index contributed by atoms with van der Waals surface area (Å²) >= 11 is 0. The van der Waals surface area contributed by atoms with Crippen molar-refractivity contribution in [2.24, 2.45) is 11.7 Å². The summed E-state index contributed by atoms with van der Waals surface area (Å²) in [6.45, 7) is 6.00. The molecule has 156 valence electrons. The maximum absolute atomic E-state index is 12.8. The normalized spacial score (nSPS) is 15.3. The molecule has 0 aromatic heterocycles. The summed E-state index contributed by atoms with van der Waals surface area (Å²) in [7, 11) is 0. The van der Waals surface area contributed by atoms with Gasteiger partial charge in [0.05, 0.1) is 5.92 Å². The molecule has 1 heterocycles. The van der Waals surface area contributed by atoms with E-state index in [1.54, 1.807) is 6.07 Å². The van der Waals surface area contributed by atoms with Gasteiger partial charge >= 0.3 is 0 Å². The van der Waals surface area contributed by atoms with Crippen LogP contribution in [0.15, 0.2) is 48.5 Å². The van der Waals surface area contributed by atoms with Gasteiger partial charge in [-0.15, -0.1) is 12.4 Å². The van der Waals surface area contributed by atoms with Crippen molar-refractivity contribution in [2.45, 2.75) is 32.6 Å². The highest BCUT2D eigenvalue weighted by atomic mass is 35.5. The molecule has 0 spiro atoms. The van der Waals surface area contributed by atoms with E-state index in [1.807, 2.05) is 54.3 Å². The number of nitrogens with zero attached hydrogens (tertiary/aromatic N) is 1. The number of nitrogens with two attached hydrogens (primary N) is 1. The largest absolute Gasteiger partial charge is 0.339 e. The van der Waals surface area contributed by atoms with E-state index < -0.39 is 5.92 Å². The first-order chi connectivity index (χ1) is 13.5. The molecule has 6 heteroatoms. The van der Waals surface area contributed by atoms with Crippen LogP contribution in [-0.4, -0.2) is 36.3 Å². The summed E-state index contributed by atoms with van der Waals surface area (Å²) < 4.78 is 0. The third-order valence-electron chi connectivity index (χ3n) is 5.56. The van der Waals surface area contributed by atoms with Crippen molar-refractivity contribution < 1.29 is 9.59 Å². The second-order valence-corrected chi connectivity index (χ2v) is 7.69. The van der Waals surface area contributed by atoms with Crippen molar-refractivity contribution in [3.63, 3.8) is 0 Å². The zero-order chi connectivity index (χ0) is 20.1. The lowest BCUT2D eigenvalue weighted by Crippen LogP contribution is -2.37. The number of piperidine rings is 1. The molecule has 3 rings (SSSR count). The Bertz CT molecular complexity index is 833. The molecule has 2 amide bonds. The van der Waals surface area contributed by atoms with E-state index >= 15 is 0 Å². The molecule has 2 aromatic carbocycles. The van der Waals surface area contributed by atoms with Crippen LogP contribution in [0.4, 0.5) is 5.69 Å². The van der Waals surface area contributed by atoms with Gasteiger partial charge in [-0.3, -0.25) is 9.59 Å². The highest BCUT2D eigenvalue weighted by molar-refractivity contribution is 5.98. The van der Waals surface area contributed by atoms with Crippen LogP contribution in [0, 0.1) is 12.8 Å². The van der Waals surface area contributed by atoms with E-state index in [-0.39, 0.29) is 30.8 Å². The molecule has 29 heavy (non-hydrogen) atoms. The number of aryl methyl sites for hydroxylation is 1. The van der Waals surface area contributed by atoms with Gasteiger partial charge in [-0.05, 0) is 55.0 Å². The van der Waals surface area contributed by atoms with Crippen LogP contribution in [0.1, 0.15) is 47.2 Å². The standard InChI is InChI=1S/C23H29N3O2.ClH/c1-16-10-12-26(13-11-16)23(28)19-8-9-21(17(2)14-19)25-22(27)20(15-24)18-6-4-3-5-7-18;/h3-9,14,16,20H,10-13,15,24H2,1-2H3,(H,25,27);1H. The first-order valence-corrected chi connectivity index (χ1v) is 9.95. The molecule has 1 aliphatic heterocycles. The molecule has 1 fully saturated rings. The van der Waals surface area contributed by atoms with Crippen LogP contribution in [-0.2, 0) is 4.79 Å². The average Bonchev–Trinajstić information content (AvgIpc) is 2.71. The zero-order valence-corrected chi connectivity index (χ0v) is 17.9. The average molecular weight is 416 g/mol. The molecule has 0 radical (unpaired) electrons. The molecule has 0 saturated carbocycles. The lowest BCUT2D eigenvalue weighted by Gasteiger charge is -2.30. The molecule has 2 aromatic rings. The van der Waals surface area contributed by atoms with E-state index in [0.717, 1.165) is 37.1 Å². The number of carbonyl (C=O) groups is 2. The van der Waals surface area contributed by atoms with Gasteiger partial charge in [0.1, 0.15) is 0 Å². The van der Waals surface area contributed by atoms with Crippen LogP contribution in [0.3, 0.4) is 0 Å². The van der Waals surface area contributed by atoms with E-state index in [0.29, 0.717) is 17.2 Å². The summed E-state index contributed by atoms with van der Waals surface area (Å²) in [5.41, 5.74) is 8.99. The van der Waals surface area contributed by atoms with Crippen LogP contribution in [0.25, 0.3) is 0 Å². The summed E-state index contributed by atoms with van der Waals surface area (Å²) in [5.74, 6) is 0.207. The number of benzene rings is 2. The van der Waals surface area contributed by atoms with Gasteiger partial charge in [-0.2, -0.15) is 0 Å². The molecule has 0 aliphatic carbocycles. The van der Waals surface area contributed by atoms with Crippen LogP contribution in [0.2, 0.25) is 0 Å². The van der Waals surface area contributed by atoms with Crippen LogP contribution >= 0.6 is 12.4 Å². The first-order valence-electron chi connectivity index (χ1n) is 9.95. The number of halogens is 1. The minimum atomic E-state index is -0.405. The van der Waals surface area contributed by atoms with Gasteiger partial charge in [0.15, 0.2) is 0 Å². The summed E-state index contributed by atoms with van der Waals surface area (Å²) in [5, 5.41) is 2.97. The lowest BCUT2D eigenvalue weighted by atomic mass is 9.97. The molecule has 5 nitrogen and oxygen atoms in total. The Morgan fingerprint density at radius 1 is 1.14 bits per heavy atom. The van der Waals surface area contributed by atoms with Gasteiger partial charge < -0.3 is 16.0 Å². The number of nitrogens with one attached hydrogen (secondary N) is 1. The Hall–Kier alpha value is -2.37. The third kappa shape index (κ3) is 5.58. The minimum absolute atomic E-state index is 0. The summed E-state index contributed by atoms with van der Waals surface area (Å²) in [6, 6.07) is 15.0. The number of hydrogen-bond donors (Lipinski definition) is 2. The van der Waals surface area contributed by atoms with Crippen LogP contribution in [0.5, 0.6) is 0 Å². The second-order valence-electron chi connectivity index (χ2n) is 7.69. The van der Waals surface area contributed by atoms with Gasteiger partial charge in [0.25, 0.3) is 5.91 Å². The molecular formula is C23H30ClN3O2. The van der Waals surface area contributed by atoms with Crippen LogP contribution < -0.4 is 11.1 Å². The maximum atomic E-state index is 12.8. The number of anilines is 1. The van der Waals surface area contributed by atoms with Gasteiger partial charge in [0.2, 0.25) is 5.91 Å². The number of amides is 2. The SMILES string of the molecule is Cc1cc(C(=O)N2CCC(C)CC2)ccc1NC(=O)C(CN)c1ccccc1.Cl. The fraction of sp³-hybridized carbons (Fsp3) is 0.391. The fourth-order valence-corrected chi connectivity index (χ4v) is 3.63. The highest BCUT2D eigenvalue weighted by Gasteiger charge is 2.23. The minimum Gasteiger partial charge on any atom is -0.339 e. The van der Waals surface area contributed by atoms with E-state index in [9.17, 15) is 9.59 Å². The van der Waals surface area contributed by atoms with Gasteiger partial charge in [-0.25, -0.2) is 0 Å². The Morgan fingerprint density at radius 3 is 2.38 bits per heavy atom. The quantitative estimate of drug-likeness (QED) is 0.775. The second kappa shape index (κ2) is 10.4. The number of rotatable bonds is 5. The van der Waals surface area contributed by atoms with Crippen molar-refractivity contribution in [2.75, 3.05) is 25.0 Å².